The number of carbonyl (C=O) groups excluding carboxylic acids is 2. The van der Waals surface area contributed by atoms with Crippen molar-refractivity contribution in [2.45, 2.75) is 24.4 Å². The zero-order valence-corrected chi connectivity index (χ0v) is 19.0. The zero-order valence-electron chi connectivity index (χ0n) is 19.0. The highest BCUT2D eigenvalue weighted by Gasteiger charge is 2.30. The Morgan fingerprint density at radius 2 is 1.76 bits per heavy atom. The molecule has 1 fully saturated rings. The van der Waals surface area contributed by atoms with Crippen LogP contribution in [0.5, 0.6) is 0 Å². The number of amides is 2. The van der Waals surface area contributed by atoms with Crippen molar-refractivity contribution in [3.63, 3.8) is 0 Å². The van der Waals surface area contributed by atoms with Gasteiger partial charge in [0.15, 0.2) is 0 Å². The summed E-state index contributed by atoms with van der Waals surface area (Å²) in [7, 11) is 1.93. The molecule has 3 N–H and O–H groups in total. The average molecular weight is 468 g/mol. The van der Waals surface area contributed by atoms with Gasteiger partial charge in [0.1, 0.15) is 12.6 Å². The minimum absolute atomic E-state index is 0.0161. The van der Waals surface area contributed by atoms with Crippen LogP contribution in [0.25, 0.3) is 11.1 Å². The fourth-order valence-corrected chi connectivity index (χ4v) is 4.46. The molecule has 2 aromatic rings. The van der Waals surface area contributed by atoms with Gasteiger partial charge in [-0.1, -0.05) is 48.5 Å². The third-order valence-electron chi connectivity index (χ3n) is 6.36. The van der Waals surface area contributed by atoms with E-state index in [0.717, 1.165) is 28.8 Å². The predicted molar refractivity (Wildman–Crippen MR) is 124 cm³/mol. The van der Waals surface area contributed by atoms with Crippen molar-refractivity contribution < 1.29 is 29.0 Å². The van der Waals surface area contributed by atoms with Gasteiger partial charge in [-0.2, -0.15) is 0 Å². The second-order valence-electron chi connectivity index (χ2n) is 8.57. The van der Waals surface area contributed by atoms with Crippen molar-refractivity contribution in [2.24, 2.45) is 0 Å². The first-order valence-electron chi connectivity index (χ1n) is 11.3. The molecule has 0 radical (unpaired) electrons. The maximum atomic E-state index is 12.6. The van der Waals surface area contributed by atoms with Crippen LogP contribution in [0.2, 0.25) is 0 Å². The molecule has 2 aliphatic rings. The van der Waals surface area contributed by atoms with E-state index < -0.39 is 30.4 Å². The molecule has 1 aliphatic carbocycles. The molecule has 180 valence electrons. The summed E-state index contributed by atoms with van der Waals surface area (Å²) in [6, 6.07) is 14.7. The number of carboxylic acid groups (broad SMARTS) is 1. The fourth-order valence-electron chi connectivity index (χ4n) is 4.46. The molecule has 1 heterocycles. The van der Waals surface area contributed by atoms with Gasteiger partial charge in [-0.25, -0.2) is 4.79 Å². The Bertz CT molecular complexity index is 1010. The lowest BCUT2D eigenvalue weighted by atomic mass is 9.98. The lowest BCUT2D eigenvalue weighted by Crippen LogP contribution is -2.53. The minimum atomic E-state index is -1.25. The van der Waals surface area contributed by atoms with Crippen LogP contribution in [-0.4, -0.2) is 80.0 Å². The SMILES string of the molecule is CN1CCOCC1CNC(=O)C(CC(=O)O)NC(=O)OCC1c2ccccc2-c2ccccc21. The number of alkyl carbamates (subject to hydrolysis) is 1. The average Bonchev–Trinajstić information content (AvgIpc) is 3.15. The molecular weight excluding hydrogens is 438 g/mol. The molecule has 0 aromatic heterocycles. The first kappa shape index (κ1) is 23.7. The third-order valence-corrected chi connectivity index (χ3v) is 6.36. The Morgan fingerprint density at radius 3 is 2.38 bits per heavy atom. The number of hydrogen-bond acceptors (Lipinski definition) is 6. The summed E-state index contributed by atoms with van der Waals surface area (Å²) in [4.78, 5) is 38.6. The van der Waals surface area contributed by atoms with Crippen LogP contribution in [0.3, 0.4) is 0 Å². The quantitative estimate of drug-likeness (QED) is 0.542. The van der Waals surface area contributed by atoms with E-state index in [9.17, 15) is 19.5 Å². The Morgan fingerprint density at radius 1 is 1.12 bits per heavy atom. The van der Waals surface area contributed by atoms with Crippen molar-refractivity contribution in [3.05, 3.63) is 59.7 Å². The highest BCUT2D eigenvalue weighted by Crippen LogP contribution is 2.44. The van der Waals surface area contributed by atoms with Gasteiger partial charge >= 0.3 is 12.1 Å². The Hall–Kier alpha value is -3.43. The molecule has 9 nitrogen and oxygen atoms in total. The van der Waals surface area contributed by atoms with E-state index in [-0.39, 0.29) is 25.1 Å². The molecule has 34 heavy (non-hydrogen) atoms. The smallest absolute Gasteiger partial charge is 0.407 e. The first-order valence-corrected chi connectivity index (χ1v) is 11.3. The number of fused-ring (bicyclic) bond motifs is 3. The summed E-state index contributed by atoms with van der Waals surface area (Å²) in [6.45, 7) is 2.21. The van der Waals surface area contributed by atoms with E-state index >= 15 is 0 Å². The number of ether oxygens (including phenoxy) is 2. The van der Waals surface area contributed by atoms with Crippen LogP contribution in [0.4, 0.5) is 4.79 Å². The lowest BCUT2D eigenvalue weighted by Gasteiger charge is -2.32. The first-order chi connectivity index (χ1) is 16.4. The number of benzene rings is 2. The molecule has 2 atom stereocenters. The molecule has 1 saturated heterocycles. The van der Waals surface area contributed by atoms with Gasteiger partial charge in [0.05, 0.1) is 25.7 Å². The highest BCUT2D eigenvalue weighted by molar-refractivity contribution is 5.89. The summed E-state index contributed by atoms with van der Waals surface area (Å²) in [5.74, 6) is -1.90. The molecular formula is C25H29N3O6. The number of likely N-dealkylation sites (N-methyl/N-ethyl adjacent to an activating group) is 1. The van der Waals surface area contributed by atoms with Gasteiger partial charge in [0.25, 0.3) is 0 Å². The molecule has 2 aromatic carbocycles. The van der Waals surface area contributed by atoms with Gasteiger partial charge in [0, 0.05) is 19.0 Å². The number of nitrogens with zero attached hydrogens (tertiary/aromatic N) is 1. The number of nitrogens with one attached hydrogen (secondary N) is 2. The standard InChI is InChI=1S/C25H29N3O6/c1-28-10-11-33-14-16(28)13-26-24(31)22(12-23(29)30)27-25(32)34-15-21-19-8-4-2-6-17(19)18-7-3-5-9-20(18)21/h2-9,16,21-22H,10-15H2,1H3,(H,26,31)(H,27,32)(H,29,30). The normalized spacial score (nSPS) is 18.4. The largest absolute Gasteiger partial charge is 0.481 e. The van der Waals surface area contributed by atoms with Crippen molar-refractivity contribution in [3.8, 4) is 11.1 Å². The zero-order chi connectivity index (χ0) is 24.1. The van der Waals surface area contributed by atoms with Gasteiger partial charge in [-0.3, -0.25) is 14.5 Å². The Kier molecular flexibility index (Phi) is 7.44. The van der Waals surface area contributed by atoms with Crippen LogP contribution in [0.15, 0.2) is 48.5 Å². The van der Waals surface area contributed by atoms with Crippen LogP contribution in [0.1, 0.15) is 23.5 Å². The number of morpholine rings is 1. The maximum Gasteiger partial charge on any atom is 0.407 e. The number of carboxylic acids is 1. The second kappa shape index (κ2) is 10.7. The maximum absolute atomic E-state index is 12.6. The number of aliphatic carboxylic acids is 1. The van der Waals surface area contributed by atoms with Gasteiger partial charge < -0.3 is 25.2 Å². The molecule has 2 amide bonds. The van der Waals surface area contributed by atoms with Crippen LogP contribution in [0, 0.1) is 0 Å². The van der Waals surface area contributed by atoms with Crippen LogP contribution in [-0.2, 0) is 19.1 Å². The molecule has 0 spiro atoms. The van der Waals surface area contributed by atoms with E-state index in [1.165, 1.54) is 0 Å². The van der Waals surface area contributed by atoms with E-state index in [0.29, 0.717) is 13.2 Å². The van der Waals surface area contributed by atoms with Crippen LogP contribution < -0.4 is 10.6 Å². The van der Waals surface area contributed by atoms with Crippen molar-refractivity contribution in [1.29, 1.82) is 0 Å². The summed E-state index contributed by atoms with van der Waals surface area (Å²) in [5.41, 5.74) is 4.34. The number of rotatable bonds is 8. The highest BCUT2D eigenvalue weighted by atomic mass is 16.5. The third kappa shape index (κ3) is 5.37. The van der Waals surface area contributed by atoms with Crippen molar-refractivity contribution in [1.82, 2.24) is 15.5 Å². The molecule has 0 saturated carbocycles. The summed E-state index contributed by atoms with van der Waals surface area (Å²) < 4.78 is 10.9. The van der Waals surface area contributed by atoms with Crippen molar-refractivity contribution >= 4 is 18.0 Å². The number of hydrogen-bond donors (Lipinski definition) is 3. The number of carbonyl (C=O) groups is 3. The van der Waals surface area contributed by atoms with E-state index in [2.05, 4.69) is 15.5 Å². The summed E-state index contributed by atoms with van der Waals surface area (Å²) >= 11 is 0. The summed E-state index contributed by atoms with van der Waals surface area (Å²) in [6.07, 6.45) is -1.38. The van der Waals surface area contributed by atoms with Gasteiger partial charge in [0.2, 0.25) is 5.91 Å². The van der Waals surface area contributed by atoms with E-state index in [1.807, 2.05) is 55.6 Å². The molecule has 4 rings (SSSR count). The fraction of sp³-hybridized carbons (Fsp3) is 0.400. The molecule has 1 aliphatic heterocycles. The molecule has 0 bridgehead atoms. The predicted octanol–water partition coefficient (Wildman–Crippen LogP) is 1.82. The second-order valence-corrected chi connectivity index (χ2v) is 8.57. The van der Waals surface area contributed by atoms with Crippen molar-refractivity contribution in [2.75, 3.05) is 40.0 Å². The Labute approximate surface area is 198 Å². The molecule has 2 unspecified atom stereocenters. The monoisotopic (exact) mass is 467 g/mol. The van der Waals surface area contributed by atoms with Gasteiger partial charge in [-0.15, -0.1) is 0 Å². The van der Waals surface area contributed by atoms with E-state index in [1.54, 1.807) is 0 Å². The summed E-state index contributed by atoms with van der Waals surface area (Å²) in [5, 5.41) is 14.4. The van der Waals surface area contributed by atoms with Crippen LogP contribution >= 0.6 is 0 Å². The molecule has 9 heteroatoms. The van der Waals surface area contributed by atoms with Gasteiger partial charge in [-0.05, 0) is 29.3 Å². The minimum Gasteiger partial charge on any atom is -0.481 e. The van der Waals surface area contributed by atoms with E-state index in [4.69, 9.17) is 9.47 Å². The lowest BCUT2D eigenvalue weighted by molar-refractivity contribution is -0.139. The Balaban J connectivity index is 1.36. The topological polar surface area (TPSA) is 117 Å².